The lowest BCUT2D eigenvalue weighted by atomic mass is 9.90. The third-order valence-corrected chi connectivity index (χ3v) is 4.46. The van der Waals surface area contributed by atoms with Crippen molar-refractivity contribution in [3.63, 3.8) is 0 Å². The zero-order valence-electron chi connectivity index (χ0n) is 11.5. The van der Waals surface area contributed by atoms with Crippen molar-refractivity contribution in [3.05, 3.63) is 34.6 Å². The second-order valence-corrected chi connectivity index (χ2v) is 6.18. The Balaban J connectivity index is 1.78. The van der Waals surface area contributed by atoms with Gasteiger partial charge >= 0.3 is 0 Å². The highest BCUT2D eigenvalue weighted by Gasteiger charge is 2.26. The Morgan fingerprint density at radius 1 is 1.35 bits per heavy atom. The van der Waals surface area contributed by atoms with Crippen molar-refractivity contribution in [3.8, 4) is 11.4 Å². The van der Waals surface area contributed by atoms with Gasteiger partial charge in [0.1, 0.15) is 0 Å². The normalized spacial score (nSPS) is 22.9. The molecule has 106 valence electrons. The largest absolute Gasteiger partial charge is 0.337 e. The lowest BCUT2D eigenvalue weighted by Gasteiger charge is -2.27. The Kier molecular flexibility index (Phi) is 4.17. The van der Waals surface area contributed by atoms with E-state index in [1.54, 1.807) is 0 Å². The van der Waals surface area contributed by atoms with Crippen molar-refractivity contribution in [1.82, 2.24) is 15.5 Å². The fraction of sp³-hybridized carbons (Fsp3) is 0.467. The van der Waals surface area contributed by atoms with Gasteiger partial charge in [0.05, 0.1) is 6.04 Å². The number of nitrogens with zero attached hydrogens (tertiary/aromatic N) is 2. The van der Waals surface area contributed by atoms with Gasteiger partial charge in [0.25, 0.3) is 0 Å². The monoisotopic (exact) mass is 335 g/mol. The summed E-state index contributed by atoms with van der Waals surface area (Å²) >= 11 is 3.43. The molecule has 0 spiro atoms. The molecule has 0 radical (unpaired) electrons. The third kappa shape index (κ3) is 2.94. The zero-order chi connectivity index (χ0) is 13.9. The van der Waals surface area contributed by atoms with Gasteiger partial charge in [-0.15, -0.1) is 0 Å². The zero-order valence-corrected chi connectivity index (χ0v) is 13.1. The smallest absolute Gasteiger partial charge is 0.244 e. The van der Waals surface area contributed by atoms with Gasteiger partial charge in [-0.05, 0) is 49.6 Å². The molecule has 0 aliphatic carbocycles. The van der Waals surface area contributed by atoms with Gasteiger partial charge < -0.3 is 9.84 Å². The molecule has 1 aromatic heterocycles. The summed E-state index contributed by atoms with van der Waals surface area (Å²) in [4.78, 5) is 4.55. The summed E-state index contributed by atoms with van der Waals surface area (Å²) in [6.45, 7) is 3.27. The molecule has 0 amide bonds. The Bertz CT molecular complexity index is 567. The van der Waals surface area contributed by atoms with Gasteiger partial charge in [0, 0.05) is 10.0 Å². The van der Waals surface area contributed by atoms with E-state index in [9.17, 15) is 0 Å². The summed E-state index contributed by atoms with van der Waals surface area (Å²) in [5.41, 5.74) is 0.978. The maximum Gasteiger partial charge on any atom is 0.244 e. The van der Waals surface area contributed by atoms with E-state index >= 15 is 0 Å². The summed E-state index contributed by atoms with van der Waals surface area (Å²) in [6, 6.07) is 8.14. The van der Waals surface area contributed by atoms with Crippen molar-refractivity contribution in [2.24, 2.45) is 5.92 Å². The molecular formula is C15H18BrN3O. The molecule has 20 heavy (non-hydrogen) atoms. The van der Waals surface area contributed by atoms with E-state index in [0.717, 1.165) is 28.9 Å². The van der Waals surface area contributed by atoms with E-state index in [1.165, 1.54) is 12.8 Å². The molecule has 0 saturated carbocycles. The van der Waals surface area contributed by atoms with E-state index in [2.05, 4.69) is 38.3 Å². The molecule has 5 heteroatoms. The van der Waals surface area contributed by atoms with E-state index in [4.69, 9.17) is 4.52 Å². The predicted molar refractivity (Wildman–Crippen MR) is 81.2 cm³/mol. The number of piperidine rings is 1. The van der Waals surface area contributed by atoms with Gasteiger partial charge in [0.15, 0.2) is 0 Å². The van der Waals surface area contributed by atoms with Crippen LogP contribution < -0.4 is 5.32 Å². The standard InChI is InChI=1S/C15H18BrN3O/c1-2-10-7-8-17-13(9-10)15-18-14(19-20-15)11-3-5-12(16)6-4-11/h3-6,10,13,17H,2,7-9H2,1H3. The topological polar surface area (TPSA) is 51.0 Å². The van der Waals surface area contributed by atoms with Crippen molar-refractivity contribution in [1.29, 1.82) is 0 Å². The third-order valence-electron chi connectivity index (χ3n) is 3.93. The van der Waals surface area contributed by atoms with Crippen LogP contribution >= 0.6 is 15.9 Å². The Hall–Kier alpha value is -1.20. The van der Waals surface area contributed by atoms with E-state index in [0.29, 0.717) is 11.7 Å². The average Bonchev–Trinajstić information content (AvgIpc) is 2.98. The number of hydrogen-bond donors (Lipinski definition) is 1. The van der Waals surface area contributed by atoms with Gasteiger partial charge in [-0.2, -0.15) is 4.98 Å². The average molecular weight is 336 g/mol. The molecule has 2 unspecified atom stereocenters. The number of nitrogens with one attached hydrogen (secondary N) is 1. The van der Waals surface area contributed by atoms with Crippen LogP contribution in [-0.2, 0) is 0 Å². The van der Waals surface area contributed by atoms with Crippen molar-refractivity contribution in [2.75, 3.05) is 6.54 Å². The maximum atomic E-state index is 5.45. The summed E-state index contributed by atoms with van der Waals surface area (Å²) < 4.78 is 6.49. The number of benzene rings is 1. The van der Waals surface area contributed by atoms with Gasteiger partial charge in [-0.3, -0.25) is 0 Å². The first-order valence-corrected chi connectivity index (χ1v) is 7.88. The van der Waals surface area contributed by atoms with E-state index in [-0.39, 0.29) is 6.04 Å². The summed E-state index contributed by atoms with van der Waals surface area (Å²) in [7, 11) is 0. The van der Waals surface area contributed by atoms with E-state index < -0.39 is 0 Å². The predicted octanol–water partition coefficient (Wildman–Crippen LogP) is 3.95. The van der Waals surface area contributed by atoms with Crippen LogP contribution in [0.4, 0.5) is 0 Å². The molecule has 2 aromatic rings. The molecule has 4 nitrogen and oxygen atoms in total. The van der Waals surface area contributed by atoms with Crippen LogP contribution in [0.3, 0.4) is 0 Å². The number of rotatable bonds is 3. The summed E-state index contributed by atoms with van der Waals surface area (Å²) in [5.74, 6) is 2.12. The first kappa shape index (κ1) is 13.8. The van der Waals surface area contributed by atoms with Crippen molar-refractivity contribution >= 4 is 15.9 Å². The minimum Gasteiger partial charge on any atom is -0.337 e. The Labute approximate surface area is 127 Å². The lowest BCUT2D eigenvalue weighted by molar-refractivity contribution is 0.246. The molecule has 1 aliphatic heterocycles. The molecule has 2 atom stereocenters. The second-order valence-electron chi connectivity index (χ2n) is 5.27. The van der Waals surface area contributed by atoms with Crippen LogP contribution in [0.1, 0.15) is 38.1 Å². The number of hydrogen-bond acceptors (Lipinski definition) is 4. The highest BCUT2D eigenvalue weighted by Crippen LogP contribution is 2.29. The van der Waals surface area contributed by atoms with Crippen LogP contribution in [0.25, 0.3) is 11.4 Å². The maximum absolute atomic E-state index is 5.45. The van der Waals surface area contributed by atoms with Crippen molar-refractivity contribution < 1.29 is 4.52 Å². The molecule has 2 heterocycles. The molecule has 3 rings (SSSR count). The molecule has 1 saturated heterocycles. The van der Waals surface area contributed by atoms with Gasteiger partial charge in [-0.25, -0.2) is 0 Å². The van der Waals surface area contributed by atoms with E-state index in [1.807, 2.05) is 24.3 Å². The molecule has 1 aromatic carbocycles. The molecule has 1 aliphatic rings. The minimum absolute atomic E-state index is 0.199. The minimum atomic E-state index is 0.199. The lowest BCUT2D eigenvalue weighted by Crippen LogP contribution is -2.31. The SMILES string of the molecule is CCC1CCNC(c2nc(-c3ccc(Br)cc3)no2)C1. The van der Waals surface area contributed by atoms with Crippen LogP contribution in [-0.4, -0.2) is 16.7 Å². The van der Waals surface area contributed by atoms with Crippen LogP contribution in [0.5, 0.6) is 0 Å². The van der Waals surface area contributed by atoms with Crippen LogP contribution in [0, 0.1) is 5.92 Å². The second kappa shape index (κ2) is 6.06. The number of halogens is 1. The van der Waals surface area contributed by atoms with Crippen LogP contribution in [0.15, 0.2) is 33.3 Å². The van der Waals surface area contributed by atoms with Gasteiger partial charge in [-0.1, -0.05) is 34.4 Å². The Morgan fingerprint density at radius 2 is 2.15 bits per heavy atom. The fourth-order valence-corrected chi connectivity index (χ4v) is 2.91. The molecule has 0 bridgehead atoms. The van der Waals surface area contributed by atoms with Crippen LogP contribution in [0.2, 0.25) is 0 Å². The molecular weight excluding hydrogens is 318 g/mol. The van der Waals surface area contributed by atoms with Gasteiger partial charge in [0.2, 0.25) is 11.7 Å². The molecule has 1 N–H and O–H groups in total. The first-order chi connectivity index (χ1) is 9.76. The fourth-order valence-electron chi connectivity index (χ4n) is 2.65. The Morgan fingerprint density at radius 3 is 2.90 bits per heavy atom. The highest BCUT2D eigenvalue weighted by atomic mass is 79.9. The highest BCUT2D eigenvalue weighted by molar-refractivity contribution is 9.10. The summed E-state index contributed by atoms with van der Waals surface area (Å²) in [6.07, 6.45) is 3.53. The molecule has 1 fully saturated rings. The summed E-state index contributed by atoms with van der Waals surface area (Å²) in [5, 5.41) is 7.57. The first-order valence-electron chi connectivity index (χ1n) is 7.09. The quantitative estimate of drug-likeness (QED) is 0.922. The number of aromatic nitrogens is 2. The van der Waals surface area contributed by atoms with Crippen molar-refractivity contribution in [2.45, 2.75) is 32.2 Å².